The first-order valence-electron chi connectivity index (χ1n) is 9.52. The van der Waals surface area contributed by atoms with Crippen molar-refractivity contribution < 1.29 is 20.4 Å². The summed E-state index contributed by atoms with van der Waals surface area (Å²) in [6, 6.07) is 0. The maximum absolute atomic E-state index is 11.6. The molecule has 136 valence electrons. The zero-order valence-electron chi connectivity index (χ0n) is 15.0. The van der Waals surface area contributed by atoms with Gasteiger partial charge in [-0.2, -0.15) is 0 Å². The molecule has 4 aliphatic rings. The van der Waals surface area contributed by atoms with Crippen LogP contribution in [0.3, 0.4) is 0 Å². The Labute approximate surface area is 144 Å². The molecule has 4 fully saturated rings. The van der Waals surface area contributed by atoms with Gasteiger partial charge < -0.3 is 20.4 Å². The predicted molar refractivity (Wildman–Crippen MR) is 91.1 cm³/mol. The number of fused-ring (bicyclic) bond motifs is 2. The van der Waals surface area contributed by atoms with E-state index in [1.165, 1.54) is 0 Å². The van der Waals surface area contributed by atoms with Gasteiger partial charge in [-0.15, -0.1) is 0 Å². The molecule has 4 rings (SSSR count). The second-order valence-corrected chi connectivity index (χ2v) is 9.86. The minimum absolute atomic E-state index is 0.0431. The standard InChI is InChI=1S/C20H32O4/c1-12-14-5-4-13-9-18(14,10-19(13,23)11-21)6-7-20(24)15(12)8-16(22)17(20,2)3/h13-16,21-24H,1,4-11H2,2-3H3/t13-,14+,15+,16+,18+,19+,20-/m1/s1. The molecule has 4 N–H and O–H groups in total. The molecule has 0 amide bonds. The molecular formula is C20H32O4. The average Bonchev–Trinajstić information content (AvgIpc) is 2.83. The van der Waals surface area contributed by atoms with Gasteiger partial charge in [0, 0.05) is 11.3 Å². The zero-order valence-corrected chi connectivity index (χ0v) is 15.0. The highest BCUT2D eigenvalue weighted by atomic mass is 16.3. The van der Waals surface area contributed by atoms with Crippen LogP contribution in [0.1, 0.15) is 58.8 Å². The van der Waals surface area contributed by atoms with Crippen LogP contribution in [-0.4, -0.2) is 44.3 Å². The van der Waals surface area contributed by atoms with E-state index in [-0.39, 0.29) is 29.8 Å². The third kappa shape index (κ3) is 1.83. The topological polar surface area (TPSA) is 80.9 Å². The molecule has 1 spiro atoms. The molecule has 0 heterocycles. The second-order valence-electron chi connectivity index (χ2n) is 9.86. The summed E-state index contributed by atoms with van der Waals surface area (Å²) in [4.78, 5) is 0. The van der Waals surface area contributed by atoms with Crippen molar-refractivity contribution in [3.63, 3.8) is 0 Å². The summed E-state index contributed by atoms with van der Waals surface area (Å²) < 4.78 is 0. The van der Waals surface area contributed by atoms with Crippen LogP contribution in [0.2, 0.25) is 0 Å². The Balaban J connectivity index is 1.75. The Kier molecular flexibility index (Phi) is 3.44. The van der Waals surface area contributed by atoms with E-state index in [2.05, 4.69) is 6.58 Å². The first-order valence-corrected chi connectivity index (χ1v) is 9.52. The van der Waals surface area contributed by atoms with E-state index >= 15 is 0 Å². The minimum Gasteiger partial charge on any atom is -0.393 e. The van der Waals surface area contributed by atoms with Crippen LogP contribution in [0, 0.1) is 28.6 Å². The van der Waals surface area contributed by atoms with Crippen molar-refractivity contribution in [1.29, 1.82) is 0 Å². The van der Waals surface area contributed by atoms with Gasteiger partial charge in [0.2, 0.25) is 0 Å². The third-order valence-corrected chi connectivity index (χ3v) is 8.77. The first-order chi connectivity index (χ1) is 11.1. The van der Waals surface area contributed by atoms with Gasteiger partial charge in [-0.25, -0.2) is 0 Å². The Bertz CT molecular complexity index is 572. The molecule has 0 aromatic heterocycles. The number of aliphatic hydroxyl groups excluding tert-OH is 2. The first kappa shape index (κ1) is 17.0. The van der Waals surface area contributed by atoms with Crippen molar-refractivity contribution in [2.45, 2.75) is 76.1 Å². The predicted octanol–water partition coefficient (Wildman–Crippen LogP) is 2.00. The van der Waals surface area contributed by atoms with Crippen molar-refractivity contribution in [2.24, 2.45) is 28.6 Å². The molecule has 0 aromatic rings. The number of hydrogen-bond donors (Lipinski definition) is 4. The third-order valence-electron chi connectivity index (χ3n) is 8.77. The van der Waals surface area contributed by atoms with E-state index < -0.39 is 22.7 Å². The number of aliphatic hydroxyl groups is 4. The highest BCUT2D eigenvalue weighted by molar-refractivity contribution is 5.28. The summed E-state index contributed by atoms with van der Waals surface area (Å²) in [5.74, 6) is 0.387. The van der Waals surface area contributed by atoms with E-state index in [0.29, 0.717) is 19.3 Å². The van der Waals surface area contributed by atoms with Gasteiger partial charge in [0.25, 0.3) is 0 Å². The van der Waals surface area contributed by atoms with Crippen molar-refractivity contribution in [2.75, 3.05) is 6.61 Å². The highest BCUT2D eigenvalue weighted by Gasteiger charge is 2.67. The second kappa shape index (κ2) is 4.85. The molecule has 24 heavy (non-hydrogen) atoms. The van der Waals surface area contributed by atoms with Crippen LogP contribution < -0.4 is 0 Å². The van der Waals surface area contributed by atoms with Gasteiger partial charge in [0.15, 0.2) is 0 Å². The van der Waals surface area contributed by atoms with Crippen LogP contribution in [0.25, 0.3) is 0 Å². The lowest BCUT2D eigenvalue weighted by molar-refractivity contribution is -0.102. The fourth-order valence-corrected chi connectivity index (χ4v) is 7.03. The molecule has 2 bridgehead atoms. The largest absolute Gasteiger partial charge is 0.393 e. The van der Waals surface area contributed by atoms with Gasteiger partial charge in [0.1, 0.15) is 0 Å². The summed E-state index contributed by atoms with van der Waals surface area (Å²) in [5, 5.41) is 42.8. The summed E-state index contributed by atoms with van der Waals surface area (Å²) in [5.41, 5.74) is -1.40. The SMILES string of the molecule is C=C1[C@@H]2CC[C@@H]3C[C@@]2(CC[C@@]2(O)[C@H]1C[C@H](O)C2(C)C)C[C@]3(O)CO. The van der Waals surface area contributed by atoms with Gasteiger partial charge in [-0.1, -0.05) is 26.0 Å². The molecule has 4 heteroatoms. The van der Waals surface area contributed by atoms with Crippen LogP contribution in [0.5, 0.6) is 0 Å². The Morgan fingerprint density at radius 3 is 2.50 bits per heavy atom. The lowest BCUT2D eigenvalue weighted by Crippen LogP contribution is -2.48. The van der Waals surface area contributed by atoms with Gasteiger partial charge in [-0.05, 0) is 62.2 Å². The molecule has 4 saturated carbocycles. The van der Waals surface area contributed by atoms with Gasteiger partial charge >= 0.3 is 0 Å². The van der Waals surface area contributed by atoms with Crippen molar-refractivity contribution >= 4 is 0 Å². The van der Waals surface area contributed by atoms with Crippen molar-refractivity contribution in [3.05, 3.63) is 12.2 Å². The molecular weight excluding hydrogens is 304 g/mol. The maximum atomic E-state index is 11.6. The summed E-state index contributed by atoms with van der Waals surface area (Å²) in [6.07, 6.45) is 5.02. The molecule has 4 aliphatic carbocycles. The monoisotopic (exact) mass is 336 g/mol. The summed E-state index contributed by atoms with van der Waals surface area (Å²) in [6.45, 7) is 8.19. The fraction of sp³-hybridized carbons (Fsp3) is 0.900. The zero-order chi connectivity index (χ0) is 17.5. The maximum Gasteiger partial charge on any atom is 0.0911 e. The molecule has 0 aliphatic heterocycles. The summed E-state index contributed by atoms with van der Waals surface area (Å²) >= 11 is 0. The molecule has 4 nitrogen and oxygen atoms in total. The van der Waals surface area contributed by atoms with E-state index in [9.17, 15) is 20.4 Å². The molecule has 0 aromatic carbocycles. The molecule has 0 saturated heterocycles. The number of rotatable bonds is 1. The Morgan fingerprint density at radius 2 is 1.83 bits per heavy atom. The van der Waals surface area contributed by atoms with E-state index in [0.717, 1.165) is 31.3 Å². The minimum atomic E-state index is -0.966. The fourth-order valence-electron chi connectivity index (χ4n) is 7.03. The average molecular weight is 336 g/mol. The van der Waals surface area contributed by atoms with Crippen molar-refractivity contribution in [1.82, 2.24) is 0 Å². The lowest BCUT2D eigenvalue weighted by Gasteiger charge is -2.41. The molecule has 0 radical (unpaired) electrons. The van der Waals surface area contributed by atoms with Crippen LogP contribution in [0.4, 0.5) is 0 Å². The van der Waals surface area contributed by atoms with Gasteiger partial charge in [-0.3, -0.25) is 0 Å². The van der Waals surface area contributed by atoms with E-state index in [1.54, 1.807) is 0 Å². The Hall–Kier alpha value is -0.420. The van der Waals surface area contributed by atoms with Crippen LogP contribution in [-0.2, 0) is 0 Å². The highest BCUT2D eigenvalue weighted by Crippen LogP contribution is 2.68. The lowest BCUT2D eigenvalue weighted by atomic mass is 9.63. The Morgan fingerprint density at radius 1 is 1.12 bits per heavy atom. The van der Waals surface area contributed by atoms with Crippen molar-refractivity contribution in [3.8, 4) is 0 Å². The van der Waals surface area contributed by atoms with Gasteiger partial charge in [0.05, 0.1) is 23.9 Å². The van der Waals surface area contributed by atoms with E-state index in [1.807, 2.05) is 13.8 Å². The van der Waals surface area contributed by atoms with E-state index in [4.69, 9.17) is 0 Å². The molecule has 0 unspecified atom stereocenters. The smallest absolute Gasteiger partial charge is 0.0911 e. The molecule has 7 atom stereocenters. The van der Waals surface area contributed by atoms with Crippen LogP contribution >= 0.6 is 0 Å². The summed E-state index contributed by atoms with van der Waals surface area (Å²) in [7, 11) is 0. The number of hydrogen-bond acceptors (Lipinski definition) is 4. The van der Waals surface area contributed by atoms with Crippen LogP contribution in [0.15, 0.2) is 12.2 Å². The quantitative estimate of drug-likeness (QED) is 0.552. The normalized spacial score (nSPS) is 55.8.